The van der Waals surface area contributed by atoms with Crippen LogP contribution in [0.25, 0.3) is 6.08 Å². The van der Waals surface area contributed by atoms with Crippen LogP contribution in [0.3, 0.4) is 0 Å². The highest BCUT2D eigenvalue weighted by atomic mass is 16.5. The number of aliphatic hydroxyl groups is 1. The fourth-order valence-corrected chi connectivity index (χ4v) is 2.04. The largest absolute Gasteiger partial charge is 0.497 e. The molecule has 0 fully saturated rings. The molecular weight excluding hydrogens is 220 g/mol. The van der Waals surface area contributed by atoms with Crippen LogP contribution in [0, 0.1) is 0 Å². The Kier molecular flexibility index (Phi) is 3.36. The van der Waals surface area contributed by atoms with Crippen LogP contribution in [0.5, 0.6) is 11.5 Å². The molecule has 2 atom stereocenters. The zero-order chi connectivity index (χ0) is 12.4. The highest BCUT2D eigenvalue weighted by molar-refractivity contribution is 5.65. The van der Waals surface area contributed by atoms with Gasteiger partial charge < -0.3 is 19.3 Å². The third-order valence-electron chi connectivity index (χ3n) is 2.95. The maximum Gasteiger partial charge on any atom is 0.129 e. The van der Waals surface area contributed by atoms with Gasteiger partial charge >= 0.3 is 0 Å². The van der Waals surface area contributed by atoms with E-state index in [1.54, 1.807) is 27.4 Å². The van der Waals surface area contributed by atoms with Crippen LogP contribution < -0.4 is 9.47 Å². The Morgan fingerprint density at radius 3 is 2.47 bits per heavy atom. The van der Waals surface area contributed by atoms with Gasteiger partial charge in [0.1, 0.15) is 23.7 Å². The van der Waals surface area contributed by atoms with Gasteiger partial charge in [-0.3, -0.25) is 0 Å². The van der Waals surface area contributed by atoms with Crippen molar-refractivity contribution in [3.8, 4) is 11.5 Å². The minimum Gasteiger partial charge on any atom is -0.497 e. The van der Waals surface area contributed by atoms with Gasteiger partial charge in [-0.2, -0.15) is 0 Å². The zero-order valence-corrected chi connectivity index (χ0v) is 10.1. The van der Waals surface area contributed by atoms with E-state index in [-0.39, 0.29) is 6.10 Å². The number of ether oxygens (including phenoxy) is 3. The van der Waals surface area contributed by atoms with Gasteiger partial charge in [-0.05, 0) is 11.6 Å². The maximum atomic E-state index is 10.2. The lowest BCUT2D eigenvalue weighted by Gasteiger charge is -2.26. The van der Waals surface area contributed by atoms with Crippen LogP contribution in [-0.4, -0.2) is 32.5 Å². The molecule has 4 nitrogen and oxygen atoms in total. The Labute approximate surface area is 100 Å². The molecule has 92 valence electrons. The molecule has 0 aromatic heterocycles. The average molecular weight is 236 g/mol. The summed E-state index contributed by atoms with van der Waals surface area (Å²) >= 11 is 0. The zero-order valence-electron chi connectivity index (χ0n) is 10.1. The average Bonchev–Trinajstić information content (AvgIpc) is 2.37. The van der Waals surface area contributed by atoms with Crippen molar-refractivity contribution in [1.29, 1.82) is 0 Å². The van der Waals surface area contributed by atoms with Crippen molar-refractivity contribution < 1.29 is 19.3 Å². The van der Waals surface area contributed by atoms with E-state index in [9.17, 15) is 5.11 Å². The minimum absolute atomic E-state index is 0.343. The van der Waals surface area contributed by atoms with E-state index >= 15 is 0 Å². The fourth-order valence-electron chi connectivity index (χ4n) is 2.04. The van der Waals surface area contributed by atoms with Crippen LogP contribution >= 0.6 is 0 Å². The summed E-state index contributed by atoms with van der Waals surface area (Å²) in [4.78, 5) is 0. The first-order valence-corrected chi connectivity index (χ1v) is 5.36. The minimum atomic E-state index is -0.721. The molecule has 0 bridgehead atoms. The van der Waals surface area contributed by atoms with E-state index in [4.69, 9.17) is 14.2 Å². The molecule has 17 heavy (non-hydrogen) atoms. The van der Waals surface area contributed by atoms with Gasteiger partial charge in [-0.1, -0.05) is 12.2 Å². The summed E-state index contributed by atoms with van der Waals surface area (Å²) in [6, 6.07) is 3.62. The first-order valence-electron chi connectivity index (χ1n) is 5.36. The van der Waals surface area contributed by atoms with E-state index in [1.807, 2.05) is 18.2 Å². The summed E-state index contributed by atoms with van der Waals surface area (Å²) in [5, 5.41) is 10.2. The summed E-state index contributed by atoms with van der Waals surface area (Å²) in [7, 11) is 4.74. The van der Waals surface area contributed by atoms with Crippen LogP contribution in [-0.2, 0) is 4.74 Å². The third-order valence-corrected chi connectivity index (χ3v) is 2.95. The number of benzene rings is 1. The molecule has 0 aliphatic heterocycles. The molecule has 1 aromatic rings. The molecule has 4 heteroatoms. The van der Waals surface area contributed by atoms with Crippen molar-refractivity contribution in [3.63, 3.8) is 0 Å². The molecule has 1 aliphatic rings. The fraction of sp³-hybridized carbons (Fsp3) is 0.385. The van der Waals surface area contributed by atoms with Crippen LogP contribution in [0.15, 0.2) is 18.2 Å². The summed E-state index contributed by atoms with van der Waals surface area (Å²) in [6.45, 7) is 0. The van der Waals surface area contributed by atoms with Gasteiger partial charge in [0.05, 0.1) is 14.2 Å². The molecule has 0 radical (unpaired) electrons. The monoisotopic (exact) mass is 236 g/mol. The molecule has 0 saturated heterocycles. The second-order valence-electron chi connectivity index (χ2n) is 3.84. The Morgan fingerprint density at radius 1 is 1.12 bits per heavy atom. The van der Waals surface area contributed by atoms with E-state index in [0.717, 1.165) is 11.1 Å². The van der Waals surface area contributed by atoms with Crippen molar-refractivity contribution in [1.82, 2.24) is 0 Å². The molecule has 0 heterocycles. The summed E-state index contributed by atoms with van der Waals surface area (Å²) < 4.78 is 15.7. The lowest BCUT2D eigenvalue weighted by atomic mass is 9.91. The quantitative estimate of drug-likeness (QED) is 0.869. The number of hydrogen-bond donors (Lipinski definition) is 1. The molecular formula is C13H16O4. The number of fused-ring (bicyclic) bond motifs is 1. The van der Waals surface area contributed by atoms with E-state index in [0.29, 0.717) is 11.5 Å². The predicted molar refractivity (Wildman–Crippen MR) is 64.3 cm³/mol. The molecule has 1 N–H and O–H groups in total. The predicted octanol–water partition coefficient (Wildman–Crippen LogP) is 1.78. The smallest absolute Gasteiger partial charge is 0.129 e. The number of aliphatic hydroxyl groups excluding tert-OH is 1. The van der Waals surface area contributed by atoms with Gasteiger partial charge in [0.15, 0.2) is 0 Å². The van der Waals surface area contributed by atoms with Crippen molar-refractivity contribution in [2.75, 3.05) is 21.3 Å². The van der Waals surface area contributed by atoms with Crippen molar-refractivity contribution in [2.24, 2.45) is 0 Å². The molecule has 2 rings (SSSR count). The number of hydrogen-bond acceptors (Lipinski definition) is 4. The van der Waals surface area contributed by atoms with Crippen LogP contribution in [0.2, 0.25) is 0 Å². The molecule has 0 saturated carbocycles. The second kappa shape index (κ2) is 4.77. The van der Waals surface area contributed by atoms with Crippen LogP contribution in [0.1, 0.15) is 17.2 Å². The first-order chi connectivity index (χ1) is 8.21. The van der Waals surface area contributed by atoms with Crippen LogP contribution in [0.4, 0.5) is 0 Å². The summed E-state index contributed by atoms with van der Waals surface area (Å²) in [6.07, 6.45) is 2.67. The second-order valence-corrected chi connectivity index (χ2v) is 3.84. The van der Waals surface area contributed by atoms with E-state index < -0.39 is 6.10 Å². The summed E-state index contributed by atoms with van der Waals surface area (Å²) in [5.74, 6) is 1.31. The van der Waals surface area contributed by atoms with Gasteiger partial charge in [0.2, 0.25) is 0 Å². The molecule has 1 aromatic carbocycles. The van der Waals surface area contributed by atoms with Gasteiger partial charge in [-0.25, -0.2) is 0 Å². The molecule has 1 aliphatic carbocycles. The summed E-state index contributed by atoms with van der Waals surface area (Å²) in [5.41, 5.74) is 1.63. The number of methoxy groups -OCH3 is 3. The number of rotatable bonds is 3. The topological polar surface area (TPSA) is 47.9 Å². The van der Waals surface area contributed by atoms with Crippen molar-refractivity contribution in [2.45, 2.75) is 12.2 Å². The normalized spacial score (nSPS) is 22.1. The van der Waals surface area contributed by atoms with E-state index in [2.05, 4.69) is 0 Å². The lowest BCUT2D eigenvalue weighted by molar-refractivity contribution is 0.0137. The van der Waals surface area contributed by atoms with Crippen molar-refractivity contribution >= 4 is 6.08 Å². The highest BCUT2D eigenvalue weighted by Crippen LogP contribution is 2.39. The molecule has 0 spiro atoms. The SMILES string of the molecule is COc1cc2c(c(OC)c1)[C@H](O)[C@@H](OC)C=C2. The maximum absolute atomic E-state index is 10.2. The Hall–Kier alpha value is -1.52. The highest BCUT2D eigenvalue weighted by Gasteiger charge is 2.28. The lowest BCUT2D eigenvalue weighted by Crippen LogP contribution is -2.22. The molecule has 0 unspecified atom stereocenters. The van der Waals surface area contributed by atoms with Crippen molar-refractivity contribution in [3.05, 3.63) is 29.3 Å². The first kappa shape index (κ1) is 12.0. The van der Waals surface area contributed by atoms with Gasteiger partial charge in [0.25, 0.3) is 0 Å². The Morgan fingerprint density at radius 2 is 1.88 bits per heavy atom. The van der Waals surface area contributed by atoms with Gasteiger partial charge in [0, 0.05) is 18.7 Å². The Balaban J connectivity index is 2.54. The Bertz CT molecular complexity index is 439. The third kappa shape index (κ3) is 2.01. The standard InChI is InChI=1S/C13H16O4/c1-15-9-6-8-4-5-10(16-2)13(14)12(8)11(7-9)17-3/h4-7,10,13-14H,1-3H3/t10-,13+/m0/s1. The molecule has 0 amide bonds. The van der Waals surface area contributed by atoms with E-state index in [1.165, 1.54) is 0 Å². The van der Waals surface area contributed by atoms with Gasteiger partial charge in [-0.15, -0.1) is 0 Å².